The van der Waals surface area contributed by atoms with Crippen LogP contribution in [0.15, 0.2) is 22.5 Å². The van der Waals surface area contributed by atoms with Crippen molar-refractivity contribution in [2.24, 2.45) is 0 Å². The maximum atomic E-state index is 2.66. The zero-order chi connectivity index (χ0) is 13.6. The molecule has 1 atom stereocenters. The molecule has 0 amide bonds. The summed E-state index contributed by atoms with van der Waals surface area (Å²) in [5.74, 6) is 0. The first kappa shape index (κ1) is 15.2. The maximum absolute atomic E-state index is 2.66. The smallest absolute Gasteiger partial charge is 0.0771 e. The van der Waals surface area contributed by atoms with Crippen molar-refractivity contribution >= 4 is 24.2 Å². The van der Waals surface area contributed by atoms with Gasteiger partial charge in [0.1, 0.15) is 0 Å². The Kier molecular flexibility index (Phi) is 3.89. The van der Waals surface area contributed by atoms with Gasteiger partial charge in [0.2, 0.25) is 0 Å². The van der Waals surface area contributed by atoms with E-state index in [1.54, 1.807) is 5.20 Å². The fourth-order valence-electron chi connectivity index (χ4n) is 2.44. The Balaban J connectivity index is 3.22. The molecule has 0 nitrogen and oxygen atoms in total. The highest BCUT2D eigenvalue weighted by Gasteiger charge is 2.39. The van der Waals surface area contributed by atoms with Gasteiger partial charge in [-0.15, -0.1) is 0 Å². The molecule has 0 saturated heterocycles. The lowest BCUT2D eigenvalue weighted by Crippen LogP contribution is -2.35. The van der Waals surface area contributed by atoms with E-state index in [1.807, 2.05) is 5.20 Å². The van der Waals surface area contributed by atoms with E-state index in [-0.39, 0.29) is 0 Å². The Hall–Kier alpha value is 0.131. The molecule has 0 aliphatic heterocycles. The zero-order valence-corrected chi connectivity index (χ0v) is 16.2. The van der Waals surface area contributed by atoms with Crippen molar-refractivity contribution in [3.05, 3.63) is 22.5 Å². The minimum Gasteiger partial charge on any atom is -0.0812 e. The fraction of sp³-hybridized carbons (Fsp3) is 0.714. The second-order valence-corrected chi connectivity index (χ2v) is 24.1. The summed E-state index contributed by atoms with van der Waals surface area (Å²) in [5, 5.41) is 3.54. The molecular weight excluding hydrogens is 252 g/mol. The summed E-state index contributed by atoms with van der Waals surface area (Å²) in [6.07, 6.45) is 5.27. The maximum Gasteiger partial charge on any atom is 0.0771 e. The van der Waals surface area contributed by atoms with E-state index in [0.29, 0.717) is 0 Å². The first-order valence-electron chi connectivity index (χ1n) is 6.78. The second kappa shape index (κ2) is 4.35. The van der Waals surface area contributed by atoms with E-state index in [9.17, 15) is 0 Å². The van der Waals surface area contributed by atoms with Gasteiger partial charge in [-0.2, -0.15) is 0 Å². The summed E-state index contributed by atoms with van der Waals surface area (Å²) in [6, 6.07) is 0. The first-order valence-corrected chi connectivity index (χ1v) is 17.4. The van der Waals surface area contributed by atoms with Crippen molar-refractivity contribution in [3.63, 3.8) is 0 Å². The summed E-state index contributed by atoms with van der Waals surface area (Å²) in [4.78, 5) is 0. The Bertz CT molecular complexity index is 356. The predicted molar refractivity (Wildman–Crippen MR) is 90.0 cm³/mol. The van der Waals surface area contributed by atoms with Gasteiger partial charge in [0.25, 0.3) is 0 Å². The lowest BCUT2D eigenvalue weighted by molar-refractivity contribution is 1.23. The van der Waals surface area contributed by atoms with E-state index >= 15 is 0 Å². The number of rotatable bonds is 3. The fourth-order valence-corrected chi connectivity index (χ4v) is 9.91. The molecule has 0 aromatic rings. The third kappa shape index (κ3) is 3.55. The van der Waals surface area contributed by atoms with Crippen LogP contribution in [0.5, 0.6) is 0 Å². The van der Waals surface area contributed by atoms with Crippen LogP contribution in [-0.4, -0.2) is 24.2 Å². The van der Waals surface area contributed by atoms with E-state index in [2.05, 4.69) is 71.1 Å². The molecule has 0 fully saturated rings. The van der Waals surface area contributed by atoms with Crippen LogP contribution in [0.2, 0.25) is 64.5 Å². The molecule has 0 spiro atoms. The Morgan fingerprint density at radius 1 is 0.765 bits per heavy atom. The Morgan fingerprint density at radius 2 is 1.24 bits per heavy atom. The molecule has 17 heavy (non-hydrogen) atoms. The van der Waals surface area contributed by atoms with Gasteiger partial charge in [-0.3, -0.25) is 0 Å². The Labute approximate surface area is 111 Å². The van der Waals surface area contributed by atoms with Crippen molar-refractivity contribution < 1.29 is 0 Å². The van der Waals surface area contributed by atoms with Crippen LogP contribution in [0.3, 0.4) is 0 Å². The van der Waals surface area contributed by atoms with Crippen LogP contribution in [0, 0.1) is 0 Å². The van der Waals surface area contributed by atoms with Gasteiger partial charge in [-0.05, 0) is 5.54 Å². The molecule has 1 rings (SSSR count). The highest BCUT2D eigenvalue weighted by Crippen LogP contribution is 2.44. The van der Waals surface area contributed by atoms with Crippen LogP contribution in [-0.2, 0) is 0 Å². The minimum absolute atomic E-state index is 0.816. The average molecular weight is 283 g/mol. The number of allylic oxidation sites excluding steroid dienone is 4. The first-order chi connectivity index (χ1) is 7.33. The molecule has 0 aromatic carbocycles. The highest BCUT2D eigenvalue weighted by molar-refractivity contribution is 6.90. The third-order valence-electron chi connectivity index (χ3n) is 3.66. The topological polar surface area (TPSA) is 0 Å². The summed E-state index contributed by atoms with van der Waals surface area (Å²) < 4.78 is 0. The SMILES string of the molecule is C[Si](C)(C)C1=CC([Si](C)(C)C)C([Si](C)(C)C)=C1. The minimum atomic E-state index is -1.15. The van der Waals surface area contributed by atoms with Crippen LogP contribution < -0.4 is 0 Å². The van der Waals surface area contributed by atoms with Gasteiger partial charge < -0.3 is 0 Å². The van der Waals surface area contributed by atoms with Crippen LogP contribution in [0.25, 0.3) is 0 Å². The van der Waals surface area contributed by atoms with Crippen molar-refractivity contribution in [2.45, 2.75) is 64.5 Å². The molecule has 0 bridgehead atoms. The average Bonchev–Trinajstić information content (AvgIpc) is 2.42. The second-order valence-electron chi connectivity index (χ2n) is 8.57. The Morgan fingerprint density at radius 3 is 1.47 bits per heavy atom. The molecule has 98 valence electrons. The van der Waals surface area contributed by atoms with Crippen LogP contribution in [0.4, 0.5) is 0 Å². The standard InChI is InChI=1S/C14H30Si3/c1-15(2,3)12-10-13(16(4,5)6)14(11-12)17(7,8)9/h10-11,13H,1-9H3. The van der Waals surface area contributed by atoms with E-state index in [0.717, 1.165) is 5.54 Å². The lowest BCUT2D eigenvalue weighted by Gasteiger charge is -2.32. The van der Waals surface area contributed by atoms with E-state index in [4.69, 9.17) is 0 Å². The van der Waals surface area contributed by atoms with Gasteiger partial charge in [0.15, 0.2) is 0 Å². The highest BCUT2D eigenvalue weighted by atomic mass is 28.3. The molecule has 0 saturated carbocycles. The van der Waals surface area contributed by atoms with Crippen LogP contribution in [0.1, 0.15) is 0 Å². The molecule has 1 unspecified atom stereocenters. The van der Waals surface area contributed by atoms with Gasteiger partial charge in [-0.1, -0.05) is 81.5 Å². The predicted octanol–water partition coefficient (Wildman–Crippen LogP) is 5.32. The van der Waals surface area contributed by atoms with E-state index in [1.165, 1.54) is 0 Å². The lowest BCUT2D eigenvalue weighted by atomic mass is 10.4. The largest absolute Gasteiger partial charge is 0.0812 e. The van der Waals surface area contributed by atoms with Gasteiger partial charge in [0, 0.05) is 0 Å². The molecule has 3 heteroatoms. The molecule has 0 N–H and O–H groups in total. The van der Waals surface area contributed by atoms with Crippen molar-refractivity contribution in [1.82, 2.24) is 0 Å². The molecule has 0 heterocycles. The van der Waals surface area contributed by atoms with Crippen molar-refractivity contribution in [2.75, 3.05) is 0 Å². The monoisotopic (exact) mass is 282 g/mol. The van der Waals surface area contributed by atoms with Crippen LogP contribution >= 0.6 is 0 Å². The van der Waals surface area contributed by atoms with Crippen molar-refractivity contribution in [1.29, 1.82) is 0 Å². The quantitative estimate of drug-likeness (QED) is 0.615. The molecule has 1 aliphatic carbocycles. The number of hydrogen-bond donors (Lipinski definition) is 0. The summed E-state index contributed by atoms with van der Waals surface area (Å²) in [6.45, 7) is 22.5. The molecule has 1 aliphatic rings. The summed E-state index contributed by atoms with van der Waals surface area (Å²) >= 11 is 0. The summed E-state index contributed by atoms with van der Waals surface area (Å²) in [5.41, 5.74) is 0.816. The van der Waals surface area contributed by atoms with Crippen molar-refractivity contribution in [3.8, 4) is 0 Å². The van der Waals surface area contributed by atoms with Gasteiger partial charge in [0.05, 0.1) is 24.2 Å². The van der Waals surface area contributed by atoms with Gasteiger partial charge >= 0.3 is 0 Å². The van der Waals surface area contributed by atoms with Gasteiger partial charge in [-0.25, -0.2) is 0 Å². The third-order valence-corrected chi connectivity index (χ3v) is 10.5. The molecule has 0 aromatic heterocycles. The number of hydrogen-bond acceptors (Lipinski definition) is 0. The summed E-state index contributed by atoms with van der Waals surface area (Å²) in [7, 11) is -3.39. The normalized spacial score (nSPS) is 22.5. The molecular formula is C14H30Si3. The zero-order valence-electron chi connectivity index (χ0n) is 13.2. The molecule has 0 radical (unpaired) electrons. The van der Waals surface area contributed by atoms with E-state index < -0.39 is 24.2 Å².